The summed E-state index contributed by atoms with van der Waals surface area (Å²) >= 11 is 0. The van der Waals surface area contributed by atoms with Crippen molar-refractivity contribution >= 4 is 22.7 Å². The quantitative estimate of drug-likeness (QED) is 0.870. The first-order valence-corrected chi connectivity index (χ1v) is 6.71. The Balaban J connectivity index is 1.88. The van der Waals surface area contributed by atoms with Crippen molar-refractivity contribution in [1.29, 1.82) is 0 Å². The summed E-state index contributed by atoms with van der Waals surface area (Å²) in [7, 11) is 2.02. The zero-order valence-corrected chi connectivity index (χ0v) is 11.1. The van der Waals surface area contributed by atoms with Gasteiger partial charge in [0.2, 0.25) is 0 Å². The van der Waals surface area contributed by atoms with Crippen LogP contribution in [0, 0.1) is 0 Å². The molecular formula is C14H19N5. The number of hydrogen-bond acceptors (Lipinski definition) is 5. The number of hydrogen-bond donors (Lipinski definition) is 2. The Morgan fingerprint density at radius 3 is 2.74 bits per heavy atom. The molecule has 100 valence electrons. The zero-order chi connectivity index (χ0) is 13.2. The Morgan fingerprint density at radius 2 is 2.05 bits per heavy atom. The molecule has 0 radical (unpaired) electrons. The van der Waals surface area contributed by atoms with Crippen LogP contribution in [0.4, 0.5) is 11.6 Å². The van der Waals surface area contributed by atoms with E-state index in [1.807, 2.05) is 31.3 Å². The highest BCUT2D eigenvalue weighted by Gasteiger charge is 2.18. The molecule has 1 fully saturated rings. The normalized spacial score (nSPS) is 18.9. The Kier molecular flexibility index (Phi) is 3.21. The minimum absolute atomic E-state index is 0.499. The third-order valence-electron chi connectivity index (χ3n) is 3.60. The molecule has 0 amide bonds. The van der Waals surface area contributed by atoms with E-state index in [4.69, 9.17) is 5.73 Å². The van der Waals surface area contributed by atoms with E-state index in [9.17, 15) is 0 Å². The highest BCUT2D eigenvalue weighted by molar-refractivity contribution is 5.79. The Labute approximate surface area is 112 Å². The van der Waals surface area contributed by atoms with Gasteiger partial charge in [0.05, 0.1) is 11.0 Å². The van der Waals surface area contributed by atoms with Crippen LogP contribution in [0.1, 0.15) is 12.8 Å². The molecule has 3 rings (SSSR count). The fraction of sp³-hybridized carbons (Fsp3) is 0.429. The van der Waals surface area contributed by atoms with Gasteiger partial charge >= 0.3 is 0 Å². The van der Waals surface area contributed by atoms with Gasteiger partial charge in [-0.3, -0.25) is 0 Å². The summed E-state index contributed by atoms with van der Waals surface area (Å²) in [6.07, 6.45) is 2.46. The maximum absolute atomic E-state index is 6.03. The molecule has 1 saturated heterocycles. The third-order valence-corrected chi connectivity index (χ3v) is 3.60. The van der Waals surface area contributed by atoms with Crippen LogP contribution < -0.4 is 16.0 Å². The second-order valence-corrected chi connectivity index (χ2v) is 5.09. The minimum Gasteiger partial charge on any atom is -0.381 e. The van der Waals surface area contributed by atoms with Crippen molar-refractivity contribution in [3.05, 3.63) is 24.3 Å². The van der Waals surface area contributed by atoms with E-state index in [0.717, 1.165) is 29.9 Å². The van der Waals surface area contributed by atoms with Gasteiger partial charge in [0.1, 0.15) is 0 Å². The third kappa shape index (κ3) is 2.46. The van der Waals surface area contributed by atoms with Crippen LogP contribution in [0.2, 0.25) is 0 Å². The Bertz CT molecular complexity index is 577. The fourth-order valence-electron chi connectivity index (χ4n) is 2.61. The van der Waals surface area contributed by atoms with Gasteiger partial charge in [-0.25, -0.2) is 9.97 Å². The highest BCUT2D eigenvalue weighted by Crippen LogP contribution is 2.22. The first-order chi connectivity index (χ1) is 9.24. The number of nitrogens with one attached hydrogen (secondary N) is 1. The van der Waals surface area contributed by atoms with E-state index in [1.165, 1.54) is 12.8 Å². The maximum atomic E-state index is 6.03. The second-order valence-electron chi connectivity index (χ2n) is 5.09. The van der Waals surface area contributed by atoms with E-state index >= 15 is 0 Å². The minimum atomic E-state index is 0.499. The molecule has 1 aromatic heterocycles. The van der Waals surface area contributed by atoms with Crippen molar-refractivity contribution in [2.45, 2.75) is 18.9 Å². The summed E-state index contributed by atoms with van der Waals surface area (Å²) in [5.41, 5.74) is 7.76. The van der Waals surface area contributed by atoms with Crippen LogP contribution in [-0.2, 0) is 0 Å². The Hall–Kier alpha value is -1.88. The van der Waals surface area contributed by atoms with Gasteiger partial charge in [-0.05, 0) is 31.5 Å². The van der Waals surface area contributed by atoms with Crippen LogP contribution in [0.15, 0.2) is 24.3 Å². The highest BCUT2D eigenvalue weighted by atomic mass is 15.2. The van der Waals surface area contributed by atoms with E-state index in [0.29, 0.717) is 11.9 Å². The van der Waals surface area contributed by atoms with Crippen LogP contribution >= 0.6 is 0 Å². The number of benzene rings is 1. The second kappa shape index (κ2) is 5.01. The average Bonchev–Trinajstić information content (AvgIpc) is 2.90. The lowest BCUT2D eigenvalue weighted by Gasteiger charge is -2.23. The standard InChI is InChI=1S/C14H19N5/c1-19(9-10-5-4-8-16-10)14-13(15)17-11-6-2-3-7-12(11)18-14/h2-3,6-7,10,16H,4-5,8-9H2,1H3,(H2,15,17)/t10-/m0/s1. The number of nitrogens with two attached hydrogens (primary N) is 1. The number of anilines is 2. The molecule has 0 spiro atoms. The number of nitrogen functional groups attached to an aromatic ring is 1. The molecule has 3 N–H and O–H groups in total. The van der Waals surface area contributed by atoms with Crippen molar-refractivity contribution in [2.24, 2.45) is 0 Å². The first kappa shape index (κ1) is 12.2. The molecule has 19 heavy (non-hydrogen) atoms. The SMILES string of the molecule is CN(C[C@@H]1CCCN1)c1nc2ccccc2nc1N. The summed E-state index contributed by atoms with van der Waals surface area (Å²) < 4.78 is 0. The monoisotopic (exact) mass is 257 g/mol. The van der Waals surface area contributed by atoms with Gasteiger partial charge in [-0.1, -0.05) is 12.1 Å². The molecule has 2 heterocycles. The first-order valence-electron chi connectivity index (χ1n) is 6.71. The summed E-state index contributed by atoms with van der Waals surface area (Å²) in [5, 5.41) is 3.48. The number of likely N-dealkylation sites (N-methyl/N-ethyl adjacent to an activating group) is 1. The van der Waals surface area contributed by atoms with Crippen molar-refractivity contribution in [3.8, 4) is 0 Å². The Morgan fingerprint density at radius 1 is 1.32 bits per heavy atom. The predicted molar refractivity (Wildman–Crippen MR) is 78.2 cm³/mol. The number of fused-ring (bicyclic) bond motifs is 1. The van der Waals surface area contributed by atoms with Crippen LogP contribution in [0.3, 0.4) is 0 Å². The summed E-state index contributed by atoms with van der Waals surface area (Å²) in [5.74, 6) is 1.27. The van der Waals surface area contributed by atoms with Crippen molar-refractivity contribution in [3.63, 3.8) is 0 Å². The van der Waals surface area contributed by atoms with Crippen molar-refractivity contribution in [2.75, 3.05) is 30.8 Å². The number of para-hydroxylation sites is 2. The lowest BCUT2D eigenvalue weighted by Crippen LogP contribution is -2.36. The molecule has 0 bridgehead atoms. The van der Waals surface area contributed by atoms with Crippen LogP contribution in [-0.4, -0.2) is 36.1 Å². The van der Waals surface area contributed by atoms with E-state index < -0.39 is 0 Å². The van der Waals surface area contributed by atoms with Gasteiger partial charge in [0, 0.05) is 19.6 Å². The van der Waals surface area contributed by atoms with Crippen molar-refractivity contribution < 1.29 is 0 Å². The molecule has 2 aromatic rings. The van der Waals surface area contributed by atoms with E-state index in [-0.39, 0.29) is 0 Å². The number of nitrogens with zero attached hydrogens (tertiary/aromatic N) is 3. The average molecular weight is 257 g/mol. The predicted octanol–water partition coefficient (Wildman–Crippen LogP) is 1.40. The van der Waals surface area contributed by atoms with Gasteiger partial charge in [0.25, 0.3) is 0 Å². The number of aromatic nitrogens is 2. The van der Waals surface area contributed by atoms with E-state index in [2.05, 4.69) is 20.2 Å². The topological polar surface area (TPSA) is 67.1 Å². The maximum Gasteiger partial charge on any atom is 0.171 e. The zero-order valence-electron chi connectivity index (χ0n) is 11.1. The van der Waals surface area contributed by atoms with Crippen molar-refractivity contribution in [1.82, 2.24) is 15.3 Å². The molecule has 0 saturated carbocycles. The molecule has 1 aliphatic rings. The molecule has 1 aromatic carbocycles. The molecule has 0 unspecified atom stereocenters. The summed E-state index contributed by atoms with van der Waals surface area (Å²) in [4.78, 5) is 11.1. The molecule has 1 atom stereocenters. The lowest BCUT2D eigenvalue weighted by molar-refractivity contribution is 0.598. The van der Waals surface area contributed by atoms with Gasteiger partial charge in [-0.15, -0.1) is 0 Å². The van der Waals surface area contributed by atoms with E-state index in [1.54, 1.807) is 0 Å². The summed E-state index contributed by atoms with van der Waals surface area (Å²) in [6, 6.07) is 8.34. The van der Waals surface area contributed by atoms with Gasteiger partial charge in [-0.2, -0.15) is 0 Å². The fourth-order valence-corrected chi connectivity index (χ4v) is 2.61. The summed E-state index contributed by atoms with van der Waals surface area (Å²) in [6.45, 7) is 2.02. The van der Waals surface area contributed by atoms with Gasteiger partial charge < -0.3 is 16.0 Å². The lowest BCUT2D eigenvalue weighted by atomic mass is 10.2. The van der Waals surface area contributed by atoms with Crippen LogP contribution in [0.5, 0.6) is 0 Å². The van der Waals surface area contributed by atoms with Crippen LogP contribution in [0.25, 0.3) is 11.0 Å². The molecular weight excluding hydrogens is 238 g/mol. The molecule has 5 heteroatoms. The molecule has 0 aliphatic carbocycles. The largest absolute Gasteiger partial charge is 0.381 e. The van der Waals surface area contributed by atoms with Gasteiger partial charge in [0.15, 0.2) is 11.6 Å². The smallest absolute Gasteiger partial charge is 0.171 e. The molecule has 5 nitrogen and oxygen atoms in total. The molecule has 1 aliphatic heterocycles. The number of rotatable bonds is 3.